The van der Waals surface area contributed by atoms with Gasteiger partial charge in [-0.2, -0.15) is 4.31 Å². The molecule has 0 saturated carbocycles. The largest absolute Gasteiger partial charge is 1.00 e. The molecule has 75 valence electrons. The summed E-state index contributed by atoms with van der Waals surface area (Å²) in [5.41, 5.74) is 0. The minimum atomic E-state index is -5.05. The predicted octanol–water partition coefficient (Wildman–Crippen LogP) is -3.70. The molecule has 0 saturated heterocycles. The zero-order valence-corrected chi connectivity index (χ0v) is 9.53. The van der Waals surface area contributed by atoms with Gasteiger partial charge in [0.1, 0.15) is 0 Å². The molecule has 12 heteroatoms. The fourth-order valence-electron chi connectivity index (χ4n) is 0.139. The molecule has 0 bridgehead atoms. The first kappa shape index (κ1) is 23.6. The maximum absolute atomic E-state index is 9.63. The number of hydrogen-bond acceptors (Lipinski definition) is 3. The van der Waals surface area contributed by atoms with Crippen LogP contribution in [0.5, 0.6) is 0 Å². The third-order valence-electron chi connectivity index (χ3n) is 0.213. The Morgan fingerprint density at radius 3 is 1.17 bits per heavy atom. The van der Waals surface area contributed by atoms with Crippen molar-refractivity contribution in [1.82, 2.24) is 0 Å². The summed E-state index contributed by atoms with van der Waals surface area (Å²) in [4.78, 5) is 31.0. The molecule has 0 aliphatic carbocycles. The van der Waals surface area contributed by atoms with Crippen LogP contribution < -0.4 is 18.9 Å². The Kier molecular flexibility index (Phi) is 16.1. The molecule has 0 aliphatic heterocycles. The summed E-state index contributed by atoms with van der Waals surface area (Å²) >= 11 is 0. The van der Waals surface area contributed by atoms with Crippen LogP contribution in [0.2, 0.25) is 0 Å². The molecule has 0 aromatic rings. The first-order chi connectivity index (χ1) is 3.71. The smallest absolute Gasteiger partial charge is 1.00 e. The minimum absolute atomic E-state index is 0. The van der Waals surface area contributed by atoms with E-state index in [1.165, 1.54) is 0 Å². The van der Waals surface area contributed by atoms with Gasteiger partial charge in [0.25, 0.3) is 0 Å². The molecule has 1 radical (unpaired) electrons. The average molecular weight is 301 g/mol. The second-order valence-electron chi connectivity index (χ2n) is 1.06. The van der Waals surface area contributed by atoms with Gasteiger partial charge in [-0.1, -0.05) is 0 Å². The maximum Gasteiger partial charge on any atom is 1.00 e. The van der Waals surface area contributed by atoms with E-state index in [2.05, 4.69) is 4.31 Å². The molecule has 0 aromatic heterocycles. The normalized spacial score (nSPS) is 10.3. The van der Waals surface area contributed by atoms with Gasteiger partial charge in [-0.3, -0.25) is 0 Å². The summed E-state index contributed by atoms with van der Waals surface area (Å²) < 4.78 is 22.2. The minimum Gasteiger partial charge on any atom is -1.00 e. The van der Waals surface area contributed by atoms with Gasteiger partial charge in [0, 0.05) is 33.8 Å². The zero-order valence-electron chi connectivity index (χ0n) is 6.59. The molecule has 12 heavy (non-hydrogen) atoms. The topological polar surface area (TPSA) is 124 Å². The van der Waals surface area contributed by atoms with Crippen molar-refractivity contribution in [3.05, 3.63) is 0 Å². The third kappa shape index (κ3) is 22.6. The molecule has 0 heterocycles. The molecule has 0 amide bonds. The van der Waals surface area contributed by atoms with Gasteiger partial charge in [-0.25, -0.2) is 9.13 Å². The van der Waals surface area contributed by atoms with Crippen LogP contribution in [0, 0.1) is 0 Å². The Hall–Kier alpha value is 1.88. The van der Waals surface area contributed by atoms with Crippen LogP contribution >= 0.6 is 15.6 Å². The van der Waals surface area contributed by atoms with Gasteiger partial charge in [-0.05, 0) is 0 Å². The summed E-state index contributed by atoms with van der Waals surface area (Å²) in [6.07, 6.45) is 0. The predicted molar refractivity (Wildman–Crippen MR) is 26.3 cm³/mol. The van der Waals surface area contributed by atoms with Crippen LogP contribution in [0.1, 0.15) is 1.43 Å². The molecule has 0 rings (SSSR count). The first-order valence-electron chi connectivity index (χ1n) is 1.53. The SMILES string of the molecule is O=P(O)(O)OP(=O)(O)O.[Co].[Fe].[H-].[Li+]. The number of phosphoric acid groups is 2. The van der Waals surface area contributed by atoms with Gasteiger partial charge in [0.05, 0.1) is 0 Å². The molecule has 0 fully saturated rings. The summed E-state index contributed by atoms with van der Waals surface area (Å²) in [6, 6.07) is 0. The molecule has 4 N–H and O–H groups in total. The Morgan fingerprint density at radius 2 is 1.17 bits per heavy atom. The van der Waals surface area contributed by atoms with E-state index in [0.29, 0.717) is 0 Å². The molecule has 0 unspecified atom stereocenters. The van der Waals surface area contributed by atoms with Crippen LogP contribution in [-0.2, 0) is 47.3 Å². The van der Waals surface area contributed by atoms with Gasteiger partial charge < -0.3 is 21.0 Å². The zero-order chi connectivity index (χ0) is 7.71. The molecular formula is H5CoFeLiO7P2. The second-order valence-corrected chi connectivity index (χ2v) is 3.68. The van der Waals surface area contributed by atoms with Crippen molar-refractivity contribution in [3.63, 3.8) is 0 Å². The third-order valence-corrected chi connectivity index (χ3v) is 1.91. The molecule has 0 aliphatic rings. The van der Waals surface area contributed by atoms with E-state index in [1.807, 2.05) is 0 Å². The standard InChI is InChI=1S/Co.Fe.Li.H4O7P2.H/c;;;1-8(2,3)7-9(4,5)6;/h;;;(H2,1,2,3)(H2,4,5,6);/q;;+1;;-1. The first-order valence-corrected chi connectivity index (χ1v) is 4.59. The summed E-state index contributed by atoms with van der Waals surface area (Å²) in [6.45, 7) is 0. The fourth-order valence-corrected chi connectivity index (χ4v) is 1.25. The van der Waals surface area contributed by atoms with E-state index < -0.39 is 15.6 Å². The molecule has 0 aromatic carbocycles. The van der Waals surface area contributed by atoms with Crippen molar-refractivity contribution < 1.29 is 87.1 Å². The van der Waals surface area contributed by atoms with Crippen LogP contribution in [0.15, 0.2) is 0 Å². The van der Waals surface area contributed by atoms with Crippen LogP contribution in [0.3, 0.4) is 0 Å². The van der Waals surface area contributed by atoms with E-state index in [4.69, 9.17) is 19.6 Å². The van der Waals surface area contributed by atoms with Crippen LogP contribution in [0.25, 0.3) is 0 Å². The van der Waals surface area contributed by atoms with Crippen LogP contribution in [-0.4, -0.2) is 19.6 Å². The molecule has 7 nitrogen and oxygen atoms in total. The van der Waals surface area contributed by atoms with Crippen molar-refractivity contribution in [3.8, 4) is 0 Å². The van der Waals surface area contributed by atoms with Crippen LogP contribution in [0.4, 0.5) is 0 Å². The number of hydrogen-bond donors (Lipinski definition) is 4. The maximum atomic E-state index is 9.63. The fraction of sp³-hybridized carbons (Fsp3) is 0. The van der Waals surface area contributed by atoms with E-state index in [-0.39, 0.29) is 54.1 Å². The Balaban J connectivity index is -0.0000000533. The van der Waals surface area contributed by atoms with Crippen molar-refractivity contribution in [1.29, 1.82) is 0 Å². The summed E-state index contributed by atoms with van der Waals surface area (Å²) in [7, 11) is -10.1. The van der Waals surface area contributed by atoms with Crippen molar-refractivity contribution in [2.45, 2.75) is 0 Å². The average Bonchev–Trinajstić information content (AvgIpc) is 1.14. The Morgan fingerprint density at radius 1 is 1.00 bits per heavy atom. The van der Waals surface area contributed by atoms with Crippen molar-refractivity contribution in [2.75, 3.05) is 0 Å². The summed E-state index contributed by atoms with van der Waals surface area (Å²) in [5.74, 6) is 0. The Labute approximate surface area is 102 Å². The summed E-state index contributed by atoms with van der Waals surface area (Å²) in [5, 5.41) is 0. The monoisotopic (exact) mass is 301 g/mol. The van der Waals surface area contributed by atoms with E-state index in [9.17, 15) is 9.13 Å². The van der Waals surface area contributed by atoms with Gasteiger partial charge in [0.2, 0.25) is 0 Å². The second kappa shape index (κ2) is 8.21. The quantitative estimate of drug-likeness (QED) is 0.305. The van der Waals surface area contributed by atoms with Gasteiger partial charge >= 0.3 is 34.5 Å². The number of rotatable bonds is 2. The Bertz CT molecular complexity index is 167. The van der Waals surface area contributed by atoms with E-state index >= 15 is 0 Å². The molecule has 0 atom stereocenters. The van der Waals surface area contributed by atoms with Crippen molar-refractivity contribution in [2.24, 2.45) is 0 Å². The van der Waals surface area contributed by atoms with Crippen molar-refractivity contribution >= 4 is 15.6 Å². The van der Waals surface area contributed by atoms with E-state index in [0.717, 1.165) is 0 Å². The van der Waals surface area contributed by atoms with Gasteiger partial charge in [-0.15, -0.1) is 0 Å². The van der Waals surface area contributed by atoms with Gasteiger partial charge in [0.15, 0.2) is 0 Å². The molecule has 0 spiro atoms. The molecular weight excluding hydrogens is 296 g/mol. The van der Waals surface area contributed by atoms with E-state index in [1.54, 1.807) is 0 Å².